The molecule has 0 heterocycles. The number of nitrogens with one attached hydrogen (secondary N) is 1. The molecule has 0 unspecified atom stereocenters. The molecule has 1 fully saturated rings. The summed E-state index contributed by atoms with van der Waals surface area (Å²) >= 11 is 0. The monoisotopic (exact) mass is 269 g/mol. The Bertz CT molecular complexity index is 294. The van der Waals surface area contributed by atoms with Crippen LogP contribution in [0.2, 0.25) is 0 Å². The van der Waals surface area contributed by atoms with E-state index in [0.717, 1.165) is 45.1 Å². The normalized spacial score (nSPS) is 23.3. The lowest BCUT2D eigenvalue weighted by Crippen LogP contribution is -2.34. The van der Waals surface area contributed by atoms with Gasteiger partial charge < -0.3 is 10.4 Å². The van der Waals surface area contributed by atoms with Crippen LogP contribution in [0.25, 0.3) is 0 Å². The van der Waals surface area contributed by atoms with Gasteiger partial charge in [-0.3, -0.25) is 9.59 Å². The molecule has 1 amide bonds. The average Bonchev–Trinajstić information content (AvgIpc) is 2.34. The summed E-state index contributed by atoms with van der Waals surface area (Å²) in [6, 6.07) is 0. The van der Waals surface area contributed by atoms with Crippen LogP contribution in [0, 0.1) is 17.8 Å². The molecule has 0 radical (unpaired) electrons. The van der Waals surface area contributed by atoms with Crippen molar-refractivity contribution in [3.8, 4) is 0 Å². The molecule has 4 nitrogen and oxygen atoms in total. The Balaban J connectivity index is 2.16. The van der Waals surface area contributed by atoms with Crippen LogP contribution >= 0.6 is 0 Å². The zero-order valence-corrected chi connectivity index (χ0v) is 12.2. The summed E-state index contributed by atoms with van der Waals surface area (Å²) < 4.78 is 0. The van der Waals surface area contributed by atoms with Crippen molar-refractivity contribution in [2.24, 2.45) is 17.8 Å². The number of carboxylic acids is 1. The van der Waals surface area contributed by atoms with Crippen LogP contribution in [0.3, 0.4) is 0 Å². The molecule has 4 heteroatoms. The molecule has 0 aromatic rings. The lowest BCUT2D eigenvalue weighted by atomic mass is 9.80. The van der Waals surface area contributed by atoms with E-state index >= 15 is 0 Å². The standard InChI is InChI=1S/C15H27NO3/c1-11(2)4-3-9-16-15(19)13-7-5-12(6-8-13)10-14(17)18/h11-13H,3-10H2,1-2H3,(H,16,19)(H,17,18). The molecule has 0 bridgehead atoms. The number of rotatable bonds is 7. The van der Waals surface area contributed by atoms with Crippen LogP contribution in [0.5, 0.6) is 0 Å². The van der Waals surface area contributed by atoms with Crippen molar-refractivity contribution in [3.63, 3.8) is 0 Å². The SMILES string of the molecule is CC(C)CCCNC(=O)C1CCC(CC(=O)O)CC1. The summed E-state index contributed by atoms with van der Waals surface area (Å²) in [4.78, 5) is 22.6. The highest BCUT2D eigenvalue weighted by atomic mass is 16.4. The summed E-state index contributed by atoms with van der Waals surface area (Å²) in [5.41, 5.74) is 0. The van der Waals surface area contributed by atoms with Crippen molar-refractivity contribution in [1.29, 1.82) is 0 Å². The molecule has 1 aliphatic carbocycles. The van der Waals surface area contributed by atoms with E-state index < -0.39 is 5.97 Å². The number of carboxylic acid groups (broad SMARTS) is 1. The van der Waals surface area contributed by atoms with Gasteiger partial charge in [0.2, 0.25) is 5.91 Å². The molecule has 1 aliphatic rings. The van der Waals surface area contributed by atoms with Crippen molar-refractivity contribution in [2.45, 2.75) is 58.8 Å². The zero-order chi connectivity index (χ0) is 14.3. The maximum atomic E-state index is 11.9. The minimum Gasteiger partial charge on any atom is -0.481 e. The number of hydrogen-bond acceptors (Lipinski definition) is 2. The lowest BCUT2D eigenvalue weighted by molar-refractivity contribution is -0.138. The summed E-state index contributed by atoms with van der Waals surface area (Å²) in [5, 5.41) is 11.8. The summed E-state index contributed by atoms with van der Waals surface area (Å²) in [7, 11) is 0. The second-order valence-electron chi connectivity index (χ2n) is 6.14. The molecule has 0 aromatic heterocycles. The molecule has 0 atom stereocenters. The Morgan fingerprint density at radius 1 is 1.21 bits per heavy atom. The maximum absolute atomic E-state index is 11.9. The molecule has 1 rings (SSSR count). The lowest BCUT2D eigenvalue weighted by Gasteiger charge is -2.26. The van der Waals surface area contributed by atoms with Gasteiger partial charge in [0, 0.05) is 18.9 Å². The van der Waals surface area contributed by atoms with Gasteiger partial charge in [0.15, 0.2) is 0 Å². The molecular weight excluding hydrogens is 242 g/mol. The van der Waals surface area contributed by atoms with Crippen LogP contribution in [-0.4, -0.2) is 23.5 Å². The zero-order valence-electron chi connectivity index (χ0n) is 12.2. The van der Waals surface area contributed by atoms with Crippen LogP contribution in [0.15, 0.2) is 0 Å². The predicted molar refractivity (Wildman–Crippen MR) is 74.8 cm³/mol. The Hall–Kier alpha value is -1.06. The van der Waals surface area contributed by atoms with Gasteiger partial charge in [-0.2, -0.15) is 0 Å². The second-order valence-corrected chi connectivity index (χ2v) is 6.14. The van der Waals surface area contributed by atoms with E-state index in [1.165, 1.54) is 0 Å². The van der Waals surface area contributed by atoms with E-state index in [1.54, 1.807) is 0 Å². The van der Waals surface area contributed by atoms with Crippen molar-refractivity contribution >= 4 is 11.9 Å². The van der Waals surface area contributed by atoms with E-state index in [1.807, 2.05) is 0 Å². The third-order valence-electron chi connectivity index (χ3n) is 3.94. The second kappa shape index (κ2) is 8.18. The first-order chi connectivity index (χ1) is 8.99. The van der Waals surface area contributed by atoms with Crippen LogP contribution in [0.1, 0.15) is 58.8 Å². The fraction of sp³-hybridized carbons (Fsp3) is 0.867. The van der Waals surface area contributed by atoms with Gasteiger partial charge in [0.25, 0.3) is 0 Å². The molecule has 0 aromatic carbocycles. The van der Waals surface area contributed by atoms with Gasteiger partial charge in [-0.25, -0.2) is 0 Å². The highest BCUT2D eigenvalue weighted by Gasteiger charge is 2.27. The van der Waals surface area contributed by atoms with Crippen molar-refractivity contribution < 1.29 is 14.7 Å². The Morgan fingerprint density at radius 3 is 2.37 bits per heavy atom. The number of carbonyl (C=O) groups is 2. The van der Waals surface area contributed by atoms with E-state index in [2.05, 4.69) is 19.2 Å². The fourth-order valence-corrected chi connectivity index (χ4v) is 2.74. The topological polar surface area (TPSA) is 66.4 Å². The summed E-state index contributed by atoms with van der Waals surface area (Å²) in [6.07, 6.45) is 5.86. The van der Waals surface area contributed by atoms with Gasteiger partial charge in [-0.1, -0.05) is 13.8 Å². The highest BCUT2D eigenvalue weighted by molar-refractivity contribution is 5.78. The molecule has 0 aliphatic heterocycles. The average molecular weight is 269 g/mol. The first-order valence-electron chi connectivity index (χ1n) is 7.48. The fourth-order valence-electron chi connectivity index (χ4n) is 2.74. The van der Waals surface area contributed by atoms with E-state index in [9.17, 15) is 9.59 Å². The minimum atomic E-state index is -0.721. The van der Waals surface area contributed by atoms with Crippen LogP contribution < -0.4 is 5.32 Å². The van der Waals surface area contributed by atoms with Crippen molar-refractivity contribution in [2.75, 3.05) is 6.54 Å². The smallest absolute Gasteiger partial charge is 0.303 e. The highest BCUT2D eigenvalue weighted by Crippen LogP contribution is 2.30. The van der Waals surface area contributed by atoms with Gasteiger partial charge in [0.1, 0.15) is 0 Å². The van der Waals surface area contributed by atoms with Crippen LogP contribution in [0.4, 0.5) is 0 Å². The molecule has 19 heavy (non-hydrogen) atoms. The molecular formula is C15H27NO3. The summed E-state index contributed by atoms with van der Waals surface area (Å²) in [5.74, 6) is 0.495. The Kier molecular flexibility index (Phi) is 6.89. The number of aliphatic carboxylic acids is 1. The largest absolute Gasteiger partial charge is 0.481 e. The van der Waals surface area contributed by atoms with Gasteiger partial charge in [-0.15, -0.1) is 0 Å². The Labute approximate surface area is 116 Å². The van der Waals surface area contributed by atoms with Gasteiger partial charge >= 0.3 is 5.97 Å². The third-order valence-corrected chi connectivity index (χ3v) is 3.94. The first kappa shape index (κ1) is 16.0. The molecule has 1 saturated carbocycles. The summed E-state index contributed by atoms with van der Waals surface area (Å²) in [6.45, 7) is 5.14. The Morgan fingerprint density at radius 2 is 1.84 bits per heavy atom. The molecule has 0 saturated heterocycles. The van der Waals surface area contributed by atoms with Crippen molar-refractivity contribution in [1.82, 2.24) is 5.32 Å². The molecule has 0 spiro atoms. The van der Waals surface area contributed by atoms with Crippen LogP contribution in [-0.2, 0) is 9.59 Å². The predicted octanol–water partition coefficient (Wildman–Crippen LogP) is 2.82. The van der Waals surface area contributed by atoms with E-state index in [-0.39, 0.29) is 24.2 Å². The van der Waals surface area contributed by atoms with Crippen molar-refractivity contribution in [3.05, 3.63) is 0 Å². The molecule has 110 valence electrons. The number of carbonyl (C=O) groups excluding carboxylic acids is 1. The number of amides is 1. The minimum absolute atomic E-state index is 0.101. The van der Waals surface area contributed by atoms with Gasteiger partial charge in [-0.05, 0) is 50.4 Å². The van der Waals surface area contributed by atoms with E-state index in [4.69, 9.17) is 5.11 Å². The first-order valence-corrected chi connectivity index (χ1v) is 7.48. The van der Waals surface area contributed by atoms with E-state index in [0.29, 0.717) is 5.92 Å². The maximum Gasteiger partial charge on any atom is 0.303 e. The third kappa shape index (κ3) is 6.60. The quantitative estimate of drug-likeness (QED) is 0.698. The van der Waals surface area contributed by atoms with Gasteiger partial charge in [0.05, 0.1) is 0 Å². The number of hydrogen-bond donors (Lipinski definition) is 2. The molecule has 2 N–H and O–H groups in total.